The van der Waals surface area contributed by atoms with Crippen molar-refractivity contribution in [1.29, 1.82) is 0 Å². The van der Waals surface area contributed by atoms with Gasteiger partial charge in [0.15, 0.2) is 0 Å². The molecule has 19 heavy (non-hydrogen) atoms. The molecule has 0 unspecified atom stereocenters. The van der Waals surface area contributed by atoms with Gasteiger partial charge in [0.05, 0.1) is 0 Å². The Labute approximate surface area is 122 Å². The first-order valence-electron chi connectivity index (χ1n) is 7.82. The summed E-state index contributed by atoms with van der Waals surface area (Å²) in [5.74, 6) is 0.844. The topological polar surface area (TPSA) is 0 Å². The Morgan fingerprint density at radius 3 is 2.58 bits per heavy atom. The summed E-state index contributed by atoms with van der Waals surface area (Å²) in [5.41, 5.74) is 0. The molecule has 1 aromatic rings. The van der Waals surface area contributed by atoms with E-state index in [2.05, 4.69) is 43.3 Å². The molecule has 0 atom stereocenters. The summed E-state index contributed by atoms with van der Waals surface area (Å²) in [4.78, 5) is 2.99. The first-order chi connectivity index (χ1) is 9.38. The molecule has 0 aromatic heterocycles. The molecule has 1 heteroatoms. The Morgan fingerprint density at radius 2 is 1.89 bits per heavy atom. The highest BCUT2D eigenvalue weighted by molar-refractivity contribution is 8.03. The molecule has 0 heterocycles. The number of allylic oxidation sites excluding steroid dienone is 2. The second-order valence-electron chi connectivity index (χ2n) is 5.55. The van der Waals surface area contributed by atoms with Gasteiger partial charge in [0.25, 0.3) is 0 Å². The number of thioether (sulfide) groups is 1. The number of hydrogen-bond acceptors (Lipinski definition) is 1. The maximum Gasteiger partial charge on any atom is 0.0118 e. The molecule has 1 aliphatic carbocycles. The van der Waals surface area contributed by atoms with Crippen LogP contribution in [0.15, 0.2) is 46.2 Å². The summed E-state index contributed by atoms with van der Waals surface area (Å²) in [6.45, 7) is 2.28. The molecule has 0 spiro atoms. The van der Waals surface area contributed by atoms with E-state index in [0.29, 0.717) is 0 Å². The molecule has 0 amide bonds. The standard InChI is InChI=1S/C18H26S/c1-2-3-12-18(15-16-10-6-4-7-11-16)19-17-13-8-5-9-14-17/h5,8-9,13-16H,2-4,6-7,10-12H2,1H3/b18-15+. The third kappa shape index (κ3) is 5.44. The molecule has 0 nitrogen and oxygen atoms in total. The Balaban J connectivity index is 1.99. The van der Waals surface area contributed by atoms with E-state index in [0.717, 1.165) is 5.92 Å². The van der Waals surface area contributed by atoms with Crippen molar-refractivity contribution in [3.8, 4) is 0 Å². The molecule has 104 valence electrons. The minimum absolute atomic E-state index is 0.844. The molecule has 0 N–H and O–H groups in total. The lowest BCUT2D eigenvalue weighted by molar-refractivity contribution is 0.418. The Hall–Kier alpha value is -0.690. The van der Waals surface area contributed by atoms with Gasteiger partial charge in [-0.3, -0.25) is 0 Å². The Morgan fingerprint density at radius 1 is 1.16 bits per heavy atom. The van der Waals surface area contributed by atoms with Gasteiger partial charge >= 0.3 is 0 Å². The van der Waals surface area contributed by atoms with Gasteiger partial charge in [0.2, 0.25) is 0 Å². The number of unbranched alkanes of at least 4 members (excludes halogenated alkanes) is 1. The van der Waals surface area contributed by atoms with Crippen LogP contribution in [0.2, 0.25) is 0 Å². The summed E-state index contributed by atoms with van der Waals surface area (Å²) < 4.78 is 0. The predicted molar refractivity (Wildman–Crippen MR) is 86.5 cm³/mol. The normalized spacial score (nSPS) is 17.6. The van der Waals surface area contributed by atoms with Crippen LogP contribution in [0.5, 0.6) is 0 Å². The van der Waals surface area contributed by atoms with E-state index < -0.39 is 0 Å². The van der Waals surface area contributed by atoms with Crippen LogP contribution >= 0.6 is 11.8 Å². The predicted octanol–water partition coefficient (Wildman–Crippen LogP) is 6.43. The van der Waals surface area contributed by atoms with E-state index in [1.165, 1.54) is 56.3 Å². The van der Waals surface area contributed by atoms with E-state index in [1.54, 1.807) is 4.91 Å². The van der Waals surface area contributed by atoms with Crippen molar-refractivity contribution < 1.29 is 0 Å². The zero-order valence-electron chi connectivity index (χ0n) is 12.1. The zero-order valence-corrected chi connectivity index (χ0v) is 12.9. The molecule has 0 aliphatic heterocycles. The molecule has 0 bridgehead atoms. The van der Waals surface area contributed by atoms with Gasteiger partial charge in [-0.05, 0) is 48.6 Å². The van der Waals surface area contributed by atoms with Crippen molar-refractivity contribution in [2.45, 2.75) is 63.2 Å². The quantitative estimate of drug-likeness (QED) is 0.538. The molecule has 0 radical (unpaired) electrons. The molecular weight excluding hydrogens is 248 g/mol. The van der Waals surface area contributed by atoms with E-state index in [-0.39, 0.29) is 0 Å². The summed E-state index contributed by atoms with van der Waals surface area (Å²) in [5, 5.41) is 0. The fraction of sp³-hybridized carbons (Fsp3) is 0.556. The minimum atomic E-state index is 0.844. The first kappa shape index (κ1) is 14.7. The van der Waals surface area contributed by atoms with Crippen molar-refractivity contribution >= 4 is 11.8 Å². The van der Waals surface area contributed by atoms with Crippen LogP contribution in [-0.2, 0) is 0 Å². The summed E-state index contributed by atoms with van der Waals surface area (Å²) in [6.07, 6.45) is 13.6. The second-order valence-corrected chi connectivity index (χ2v) is 6.75. The lowest BCUT2D eigenvalue weighted by Crippen LogP contribution is -2.03. The van der Waals surface area contributed by atoms with E-state index in [1.807, 2.05) is 11.8 Å². The maximum atomic E-state index is 2.59. The number of benzene rings is 1. The van der Waals surface area contributed by atoms with Crippen LogP contribution in [0.3, 0.4) is 0 Å². The average molecular weight is 274 g/mol. The van der Waals surface area contributed by atoms with Crippen LogP contribution in [0, 0.1) is 5.92 Å². The Bertz CT molecular complexity index is 374. The van der Waals surface area contributed by atoms with Gasteiger partial charge < -0.3 is 0 Å². The first-order valence-corrected chi connectivity index (χ1v) is 8.63. The maximum absolute atomic E-state index is 2.59. The van der Waals surface area contributed by atoms with Gasteiger partial charge in [-0.15, -0.1) is 0 Å². The van der Waals surface area contributed by atoms with Gasteiger partial charge in [-0.25, -0.2) is 0 Å². The molecule has 1 aliphatic rings. The van der Waals surface area contributed by atoms with Crippen molar-refractivity contribution in [2.75, 3.05) is 0 Å². The van der Waals surface area contributed by atoms with Crippen molar-refractivity contribution in [3.63, 3.8) is 0 Å². The van der Waals surface area contributed by atoms with Crippen LogP contribution < -0.4 is 0 Å². The van der Waals surface area contributed by atoms with Crippen LogP contribution in [0.1, 0.15) is 58.3 Å². The lowest BCUT2D eigenvalue weighted by Gasteiger charge is -2.19. The van der Waals surface area contributed by atoms with Crippen molar-refractivity contribution in [1.82, 2.24) is 0 Å². The molecule has 2 rings (SSSR count). The van der Waals surface area contributed by atoms with E-state index >= 15 is 0 Å². The second kappa shape index (κ2) is 8.47. The van der Waals surface area contributed by atoms with Crippen LogP contribution in [-0.4, -0.2) is 0 Å². The van der Waals surface area contributed by atoms with Crippen LogP contribution in [0.4, 0.5) is 0 Å². The fourth-order valence-electron chi connectivity index (χ4n) is 2.72. The van der Waals surface area contributed by atoms with E-state index in [4.69, 9.17) is 0 Å². The summed E-state index contributed by atoms with van der Waals surface area (Å²) >= 11 is 1.98. The SMILES string of the molecule is CCCC/C(=C\C1CCCCC1)Sc1ccccc1. The highest BCUT2D eigenvalue weighted by Crippen LogP contribution is 2.34. The molecule has 1 aromatic carbocycles. The number of hydrogen-bond donors (Lipinski definition) is 0. The number of rotatable bonds is 6. The fourth-order valence-corrected chi connectivity index (χ4v) is 3.83. The highest BCUT2D eigenvalue weighted by atomic mass is 32.2. The Kier molecular flexibility index (Phi) is 6.56. The average Bonchev–Trinajstić information content (AvgIpc) is 2.47. The molecule has 1 fully saturated rings. The molecule has 1 saturated carbocycles. The van der Waals surface area contributed by atoms with Crippen LogP contribution in [0.25, 0.3) is 0 Å². The molecule has 0 saturated heterocycles. The summed E-state index contributed by atoms with van der Waals surface area (Å²) in [6, 6.07) is 10.8. The largest absolute Gasteiger partial charge is 0.0949 e. The monoisotopic (exact) mass is 274 g/mol. The van der Waals surface area contributed by atoms with Crippen molar-refractivity contribution in [3.05, 3.63) is 41.3 Å². The third-order valence-corrected chi connectivity index (χ3v) is 4.95. The highest BCUT2D eigenvalue weighted by Gasteiger charge is 2.12. The van der Waals surface area contributed by atoms with Gasteiger partial charge in [0, 0.05) is 4.90 Å². The summed E-state index contributed by atoms with van der Waals surface area (Å²) in [7, 11) is 0. The minimum Gasteiger partial charge on any atom is -0.0949 e. The molecular formula is C18H26S. The lowest BCUT2D eigenvalue weighted by atomic mass is 9.89. The van der Waals surface area contributed by atoms with E-state index in [9.17, 15) is 0 Å². The zero-order chi connectivity index (χ0) is 13.3. The van der Waals surface area contributed by atoms with Gasteiger partial charge in [-0.2, -0.15) is 0 Å². The van der Waals surface area contributed by atoms with Gasteiger partial charge in [0.1, 0.15) is 0 Å². The smallest absolute Gasteiger partial charge is 0.0118 e. The van der Waals surface area contributed by atoms with Gasteiger partial charge in [-0.1, -0.05) is 68.6 Å². The van der Waals surface area contributed by atoms with Crippen molar-refractivity contribution in [2.24, 2.45) is 5.92 Å². The third-order valence-electron chi connectivity index (χ3n) is 3.84.